The largest absolute Gasteiger partial charge is 0.481 e. The van der Waals surface area contributed by atoms with Gasteiger partial charge in [0.05, 0.1) is 0 Å². The Morgan fingerprint density at radius 1 is 1.11 bits per heavy atom. The van der Waals surface area contributed by atoms with Gasteiger partial charge in [0.1, 0.15) is 0 Å². The molecule has 0 unspecified atom stereocenters. The van der Waals surface area contributed by atoms with Crippen LogP contribution in [0.3, 0.4) is 0 Å². The molecule has 0 fully saturated rings. The van der Waals surface area contributed by atoms with Crippen LogP contribution in [0.1, 0.15) is 18.4 Å². The molecule has 2 N–H and O–H groups in total. The van der Waals surface area contributed by atoms with Crippen LogP contribution in [0.2, 0.25) is 0 Å². The van der Waals surface area contributed by atoms with Crippen LogP contribution in [-0.4, -0.2) is 17.6 Å². The topological polar surface area (TPSA) is 49.3 Å². The minimum Gasteiger partial charge on any atom is -0.481 e. The molecule has 0 heterocycles. The fourth-order valence-electron chi connectivity index (χ4n) is 2.03. The average Bonchev–Trinajstić information content (AvgIpc) is 2.38. The van der Waals surface area contributed by atoms with E-state index in [0.717, 1.165) is 13.1 Å². The molecule has 3 nitrogen and oxygen atoms in total. The highest BCUT2D eigenvalue weighted by atomic mass is 35.5. The van der Waals surface area contributed by atoms with E-state index >= 15 is 0 Å². The summed E-state index contributed by atoms with van der Waals surface area (Å²) in [5.74, 6) is -0.734. The van der Waals surface area contributed by atoms with Crippen LogP contribution in [0.4, 0.5) is 0 Å². The van der Waals surface area contributed by atoms with Crippen LogP contribution < -0.4 is 5.32 Å². The van der Waals surface area contributed by atoms with E-state index in [1.165, 1.54) is 16.3 Å². The molecule has 0 spiro atoms. The predicted octanol–water partition coefficient (Wildman–Crippen LogP) is 3.22. The summed E-state index contributed by atoms with van der Waals surface area (Å²) in [7, 11) is 0. The van der Waals surface area contributed by atoms with Gasteiger partial charge in [0, 0.05) is 13.0 Å². The number of hydrogen-bond donors (Lipinski definition) is 2. The number of carboxylic acid groups (broad SMARTS) is 1. The van der Waals surface area contributed by atoms with Crippen molar-refractivity contribution >= 4 is 29.1 Å². The first-order chi connectivity index (χ1) is 8.77. The molecule has 102 valence electrons. The fraction of sp³-hybridized carbons (Fsp3) is 0.267. The Morgan fingerprint density at radius 2 is 1.84 bits per heavy atom. The minimum atomic E-state index is -0.734. The van der Waals surface area contributed by atoms with Crippen molar-refractivity contribution in [2.45, 2.75) is 19.4 Å². The number of benzene rings is 2. The van der Waals surface area contributed by atoms with E-state index in [1.54, 1.807) is 0 Å². The summed E-state index contributed by atoms with van der Waals surface area (Å²) < 4.78 is 0. The van der Waals surface area contributed by atoms with E-state index in [1.807, 2.05) is 12.1 Å². The monoisotopic (exact) mass is 279 g/mol. The number of nitrogens with one attached hydrogen (secondary N) is 1. The van der Waals surface area contributed by atoms with Crippen LogP contribution in [0.25, 0.3) is 10.8 Å². The Hall–Kier alpha value is -1.58. The molecule has 0 saturated heterocycles. The molecule has 0 saturated carbocycles. The van der Waals surface area contributed by atoms with Gasteiger partial charge in [-0.25, -0.2) is 0 Å². The van der Waals surface area contributed by atoms with E-state index in [2.05, 4.69) is 35.6 Å². The quantitative estimate of drug-likeness (QED) is 0.798. The van der Waals surface area contributed by atoms with Gasteiger partial charge in [0.2, 0.25) is 0 Å². The normalized spacial score (nSPS) is 10.1. The SMILES string of the molecule is Cl.O=C(O)CCCNCc1cccc2ccccc12. The molecule has 2 aromatic carbocycles. The summed E-state index contributed by atoms with van der Waals surface area (Å²) in [5.41, 5.74) is 1.25. The third-order valence-electron chi connectivity index (χ3n) is 2.94. The van der Waals surface area contributed by atoms with Gasteiger partial charge in [-0.2, -0.15) is 0 Å². The highest BCUT2D eigenvalue weighted by molar-refractivity contribution is 5.85. The molecule has 0 aliphatic rings. The fourth-order valence-corrected chi connectivity index (χ4v) is 2.03. The lowest BCUT2D eigenvalue weighted by atomic mass is 10.0. The molecule has 0 aliphatic heterocycles. The van der Waals surface area contributed by atoms with Crippen molar-refractivity contribution in [1.82, 2.24) is 5.32 Å². The highest BCUT2D eigenvalue weighted by Crippen LogP contribution is 2.18. The van der Waals surface area contributed by atoms with Crippen LogP contribution in [0, 0.1) is 0 Å². The van der Waals surface area contributed by atoms with Crippen LogP contribution in [-0.2, 0) is 11.3 Å². The molecule has 0 amide bonds. The number of carbonyl (C=O) groups is 1. The lowest BCUT2D eigenvalue weighted by Crippen LogP contribution is -2.15. The molecule has 0 aliphatic carbocycles. The number of fused-ring (bicyclic) bond motifs is 1. The molecule has 0 aromatic heterocycles. The summed E-state index contributed by atoms with van der Waals surface area (Å²) in [6.45, 7) is 1.51. The Balaban J connectivity index is 0.00000180. The average molecular weight is 280 g/mol. The van der Waals surface area contributed by atoms with Crippen molar-refractivity contribution in [2.24, 2.45) is 0 Å². The van der Waals surface area contributed by atoms with Crippen molar-refractivity contribution in [3.8, 4) is 0 Å². The lowest BCUT2D eigenvalue weighted by molar-refractivity contribution is -0.137. The zero-order valence-corrected chi connectivity index (χ0v) is 11.5. The predicted molar refractivity (Wildman–Crippen MR) is 79.8 cm³/mol. The summed E-state index contributed by atoms with van der Waals surface area (Å²) in [4.78, 5) is 10.4. The highest BCUT2D eigenvalue weighted by Gasteiger charge is 2.00. The van der Waals surface area contributed by atoms with Crippen molar-refractivity contribution in [3.63, 3.8) is 0 Å². The second-order valence-corrected chi connectivity index (χ2v) is 4.31. The Kier molecular flexibility index (Phi) is 6.33. The van der Waals surface area contributed by atoms with E-state index in [9.17, 15) is 4.79 Å². The first-order valence-corrected chi connectivity index (χ1v) is 6.16. The second kappa shape index (κ2) is 7.77. The summed E-state index contributed by atoms with van der Waals surface area (Å²) in [5, 5.41) is 14.3. The smallest absolute Gasteiger partial charge is 0.303 e. The van der Waals surface area contributed by atoms with Gasteiger partial charge in [-0.1, -0.05) is 42.5 Å². The van der Waals surface area contributed by atoms with Crippen molar-refractivity contribution < 1.29 is 9.90 Å². The number of hydrogen-bond acceptors (Lipinski definition) is 2. The maximum atomic E-state index is 10.4. The van der Waals surface area contributed by atoms with Gasteiger partial charge in [0.15, 0.2) is 0 Å². The third-order valence-corrected chi connectivity index (χ3v) is 2.94. The van der Waals surface area contributed by atoms with Crippen LogP contribution in [0.5, 0.6) is 0 Å². The number of carboxylic acids is 1. The first kappa shape index (κ1) is 15.5. The molecule has 0 atom stereocenters. The minimum absolute atomic E-state index is 0. The van der Waals surface area contributed by atoms with E-state index in [4.69, 9.17) is 5.11 Å². The van der Waals surface area contributed by atoms with Crippen LogP contribution >= 0.6 is 12.4 Å². The molecular weight excluding hydrogens is 262 g/mol. The number of rotatable bonds is 6. The molecular formula is C15H18ClNO2. The maximum Gasteiger partial charge on any atom is 0.303 e. The molecule has 2 aromatic rings. The summed E-state index contributed by atoms with van der Waals surface area (Å²) in [6, 6.07) is 14.5. The molecule has 2 rings (SSSR count). The molecule has 0 bridgehead atoms. The Bertz CT molecular complexity index is 537. The molecule has 19 heavy (non-hydrogen) atoms. The van der Waals surface area contributed by atoms with E-state index in [-0.39, 0.29) is 18.8 Å². The van der Waals surface area contributed by atoms with Crippen molar-refractivity contribution in [3.05, 3.63) is 48.0 Å². The Morgan fingerprint density at radius 3 is 2.63 bits per heavy atom. The first-order valence-electron chi connectivity index (χ1n) is 6.16. The van der Waals surface area contributed by atoms with Gasteiger partial charge in [0.25, 0.3) is 0 Å². The maximum absolute atomic E-state index is 10.4. The van der Waals surface area contributed by atoms with Gasteiger partial charge in [-0.3, -0.25) is 4.79 Å². The number of aliphatic carboxylic acids is 1. The zero-order valence-electron chi connectivity index (χ0n) is 10.6. The zero-order chi connectivity index (χ0) is 12.8. The van der Waals surface area contributed by atoms with Gasteiger partial charge in [-0.15, -0.1) is 12.4 Å². The van der Waals surface area contributed by atoms with Gasteiger partial charge >= 0.3 is 5.97 Å². The summed E-state index contributed by atoms with van der Waals surface area (Å²) in [6.07, 6.45) is 0.892. The summed E-state index contributed by atoms with van der Waals surface area (Å²) >= 11 is 0. The van der Waals surface area contributed by atoms with Crippen LogP contribution in [0.15, 0.2) is 42.5 Å². The third kappa shape index (κ3) is 4.54. The standard InChI is InChI=1S/C15H17NO2.ClH/c17-15(18)9-4-10-16-11-13-7-3-6-12-5-1-2-8-14(12)13;/h1-3,5-8,16H,4,9-11H2,(H,17,18);1H. The molecule has 4 heteroatoms. The Labute approximate surface area is 119 Å². The van der Waals surface area contributed by atoms with Crippen molar-refractivity contribution in [2.75, 3.05) is 6.54 Å². The van der Waals surface area contributed by atoms with Gasteiger partial charge in [-0.05, 0) is 29.3 Å². The molecule has 0 radical (unpaired) electrons. The van der Waals surface area contributed by atoms with E-state index in [0.29, 0.717) is 6.42 Å². The second-order valence-electron chi connectivity index (χ2n) is 4.31. The number of halogens is 1. The lowest BCUT2D eigenvalue weighted by Gasteiger charge is -2.07. The van der Waals surface area contributed by atoms with E-state index < -0.39 is 5.97 Å². The van der Waals surface area contributed by atoms with Crippen molar-refractivity contribution in [1.29, 1.82) is 0 Å². The van der Waals surface area contributed by atoms with Gasteiger partial charge < -0.3 is 10.4 Å².